The van der Waals surface area contributed by atoms with E-state index in [9.17, 15) is 4.79 Å². The molecule has 2 rings (SSSR count). The smallest absolute Gasteiger partial charge is 0.347 e. The van der Waals surface area contributed by atoms with Crippen molar-refractivity contribution in [3.63, 3.8) is 0 Å². The zero-order valence-electron chi connectivity index (χ0n) is 10.4. The molecule has 0 radical (unpaired) electrons. The van der Waals surface area contributed by atoms with E-state index in [2.05, 4.69) is 9.98 Å². The molecule has 2 aromatic rings. The van der Waals surface area contributed by atoms with E-state index in [0.29, 0.717) is 16.8 Å². The summed E-state index contributed by atoms with van der Waals surface area (Å²) in [5, 5.41) is 0.491. The Bertz CT molecular complexity index is 669. The lowest BCUT2D eigenvalue weighted by molar-refractivity contribution is 0.488. The van der Waals surface area contributed by atoms with Crippen molar-refractivity contribution in [2.45, 2.75) is 13.3 Å². The Balaban J connectivity index is 2.65. The molecule has 1 aromatic heterocycles. The van der Waals surface area contributed by atoms with Crippen LogP contribution in [-0.4, -0.2) is 18.2 Å². The standard InChI is InChI=1S/C14H14N2O2/c1-3-6-10(9-15-2)13-16-12-8-5-4-7-11(12)14(17)18-13/h4-9H,3H2,1-2H3/b10-6+,15-9?. The highest BCUT2D eigenvalue weighted by molar-refractivity contribution is 6.08. The number of para-hydroxylation sites is 1. The molecule has 0 spiro atoms. The maximum atomic E-state index is 11.8. The van der Waals surface area contributed by atoms with Crippen molar-refractivity contribution >= 4 is 22.7 Å². The van der Waals surface area contributed by atoms with Crippen LogP contribution in [0.15, 0.2) is 44.5 Å². The summed E-state index contributed by atoms with van der Waals surface area (Å²) in [7, 11) is 1.67. The first-order valence-corrected chi connectivity index (χ1v) is 5.79. The third kappa shape index (κ3) is 2.37. The summed E-state index contributed by atoms with van der Waals surface area (Å²) in [6.07, 6.45) is 4.39. The summed E-state index contributed by atoms with van der Waals surface area (Å²) in [5.41, 5.74) is 0.986. The Morgan fingerprint density at radius 2 is 2.22 bits per heavy atom. The van der Waals surface area contributed by atoms with Crippen LogP contribution in [0.2, 0.25) is 0 Å². The fraction of sp³-hybridized carbons (Fsp3) is 0.214. The average Bonchev–Trinajstić information content (AvgIpc) is 2.38. The van der Waals surface area contributed by atoms with Crippen molar-refractivity contribution < 1.29 is 4.42 Å². The molecule has 1 heterocycles. The zero-order chi connectivity index (χ0) is 13.0. The molecule has 0 bridgehead atoms. The fourth-order valence-corrected chi connectivity index (χ4v) is 1.70. The van der Waals surface area contributed by atoms with Crippen molar-refractivity contribution in [1.29, 1.82) is 0 Å². The first kappa shape index (κ1) is 12.2. The molecule has 0 amide bonds. The summed E-state index contributed by atoms with van der Waals surface area (Å²) >= 11 is 0. The Labute approximate surface area is 105 Å². The van der Waals surface area contributed by atoms with E-state index in [1.54, 1.807) is 31.5 Å². The van der Waals surface area contributed by atoms with Crippen LogP contribution < -0.4 is 5.63 Å². The third-order valence-corrected chi connectivity index (χ3v) is 2.47. The fourth-order valence-electron chi connectivity index (χ4n) is 1.70. The Hall–Kier alpha value is -2.23. The predicted molar refractivity (Wildman–Crippen MR) is 73.0 cm³/mol. The quantitative estimate of drug-likeness (QED) is 0.777. The van der Waals surface area contributed by atoms with E-state index in [4.69, 9.17) is 4.42 Å². The summed E-state index contributed by atoms with van der Waals surface area (Å²) < 4.78 is 5.23. The lowest BCUT2D eigenvalue weighted by Gasteiger charge is -2.01. The number of fused-ring (bicyclic) bond motifs is 1. The van der Waals surface area contributed by atoms with Gasteiger partial charge in [0.1, 0.15) is 0 Å². The van der Waals surface area contributed by atoms with Crippen LogP contribution in [0.25, 0.3) is 16.5 Å². The van der Waals surface area contributed by atoms with Gasteiger partial charge in [-0.25, -0.2) is 9.78 Å². The maximum absolute atomic E-state index is 11.8. The highest BCUT2D eigenvalue weighted by atomic mass is 16.4. The molecule has 18 heavy (non-hydrogen) atoms. The lowest BCUT2D eigenvalue weighted by Crippen LogP contribution is -2.05. The molecule has 0 N–H and O–H groups in total. The summed E-state index contributed by atoms with van der Waals surface area (Å²) in [4.78, 5) is 20.1. The van der Waals surface area contributed by atoms with Gasteiger partial charge in [-0.1, -0.05) is 25.1 Å². The number of rotatable bonds is 3. The third-order valence-electron chi connectivity index (χ3n) is 2.47. The minimum absolute atomic E-state index is 0.311. The van der Waals surface area contributed by atoms with E-state index in [1.807, 2.05) is 19.1 Å². The Kier molecular flexibility index (Phi) is 3.67. The molecule has 0 unspecified atom stereocenters. The maximum Gasteiger partial charge on any atom is 0.347 e. The van der Waals surface area contributed by atoms with Crippen LogP contribution in [0.1, 0.15) is 19.2 Å². The highest BCUT2D eigenvalue weighted by Crippen LogP contribution is 2.13. The van der Waals surface area contributed by atoms with Crippen LogP contribution >= 0.6 is 0 Å². The summed E-state index contributed by atoms with van der Waals surface area (Å²) in [6.45, 7) is 2.00. The van der Waals surface area contributed by atoms with Gasteiger partial charge in [0.25, 0.3) is 0 Å². The second-order valence-corrected chi connectivity index (χ2v) is 3.78. The Morgan fingerprint density at radius 3 is 2.94 bits per heavy atom. The van der Waals surface area contributed by atoms with Gasteiger partial charge in [-0.05, 0) is 18.6 Å². The van der Waals surface area contributed by atoms with E-state index in [0.717, 1.165) is 12.0 Å². The number of aliphatic imine (C=N–C) groups is 1. The molecular weight excluding hydrogens is 228 g/mol. The molecule has 4 heteroatoms. The second kappa shape index (κ2) is 5.40. The number of benzene rings is 1. The van der Waals surface area contributed by atoms with E-state index in [-0.39, 0.29) is 5.63 Å². The molecule has 0 saturated carbocycles. The Morgan fingerprint density at radius 1 is 1.44 bits per heavy atom. The van der Waals surface area contributed by atoms with Crippen LogP contribution in [0.3, 0.4) is 0 Å². The van der Waals surface area contributed by atoms with E-state index >= 15 is 0 Å². The molecule has 0 fully saturated rings. The van der Waals surface area contributed by atoms with Gasteiger partial charge in [-0.15, -0.1) is 0 Å². The molecule has 92 valence electrons. The summed E-state index contributed by atoms with van der Waals surface area (Å²) in [5.74, 6) is 0.311. The van der Waals surface area contributed by atoms with Gasteiger partial charge in [0.2, 0.25) is 5.89 Å². The number of hydrogen-bond donors (Lipinski definition) is 0. The van der Waals surface area contributed by atoms with Crippen molar-refractivity contribution in [2.24, 2.45) is 4.99 Å². The average molecular weight is 242 g/mol. The molecule has 0 aliphatic carbocycles. The van der Waals surface area contributed by atoms with Crippen LogP contribution in [0, 0.1) is 0 Å². The molecule has 0 aliphatic rings. The van der Waals surface area contributed by atoms with Crippen LogP contribution in [0.4, 0.5) is 0 Å². The zero-order valence-corrected chi connectivity index (χ0v) is 10.4. The molecule has 1 aromatic carbocycles. The molecule has 0 atom stereocenters. The number of aromatic nitrogens is 1. The SMILES string of the molecule is CC/C=C(\C=NC)c1nc2ccccc2c(=O)o1. The number of nitrogens with zero attached hydrogens (tertiary/aromatic N) is 2. The van der Waals surface area contributed by atoms with Gasteiger partial charge in [0.05, 0.1) is 16.5 Å². The van der Waals surface area contributed by atoms with Crippen molar-refractivity contribution in [3.05, 3.63) is 46.7 Å². The molecule has 0 saturated heterocycles. The van der Waals surface area contributed by atoms with Gasteiger partial charge in [-0.3, -0.25) is 4.99 Å². The van der Waals surface area contributed by atoms with Gasteiger partial charge < -0.3 is 4.42 Å². The van der Waals surface area contributed by atoms with Gasteiger partial charge in [0, 0.05) is 13.3 Å². The second-order valence-electron chi connectivity index (χ2n) is 3.78. The predicted octanol–water partition coefficient (Wildman–Crippen LogP) is 2.68. The number of allylic oxidation sites excluding steroid dienone is 2. The lowest BCUT2D eigenvalue weighted by atomic mass is 10.2. The first-order chi connectivity index (χ1) is 8.76. The van der Waals surface area contributed by atoms with E-state index < -0.39 is 0 Å². The first-order valence-electron chi connectivity index (χ1n) is 5.79. The topological polar surface area (TPSA) is 55.5 Å². The van der Waals surface area contributed by atoms with Crippen molar-refractivity contribution in [1.82, 2.24) is 4.98 Å². The normalized spacial score (nSPS) is 12.4. The minimum atomic E-state index is -0.373. The van der Waals surface area contributed by atoms with Crippen molar-refractivity contribution in [2.75, 3.05) is 7.05 Å². The minimum Gasteiger partial charge on any atom is -0.403 e. The van der Waals surface area contributed by atoms with Gasteiger partial charge in [-0.2, -0.15) is 0 Å². The highest BCUT2D eigenvalue weighted by Gasteiger charge is 2.08. The van der Waals surface area contributed by atoms with Crippen LogP contribution in [0.5, 0.6) is 0 Å². The largest absolute Gasteiger partial charge is 0.403 e. The van der Waals surface area contributed by atoms with Crippen molar-refractivity contribution in [3.8, 4) is 0 Å². The van der Waals surface area contributed by atoms with Gasteiger partial charge in [0.15, 0.2) is 0 Å². The number of hydrogen-bond acceptors (Lipinski definition) is 4. The van der Waals surface area contributed by atoms with Crippen LogP contribution in [-0.2, 0) is 0 Å². The summed E-state index contributed by atoms with van der Waals surface area (Å²) in [6, 6.07) is 7.13. The molecular formula is C14H14N2O2. The van der Waals surface area contributed by atoms with E-state index in [1.165, 1.54) is 0 Å². The monoisotopic (exact) mass is 242 g/mol. The molecule has 0 aliphatic heterocycles. The van der Waals surface area contributed by atoms with Gasteiger partial charge >= 0.3 is 5.63 Å². The molecule has 4 nitrogen and oxygen atoms in total.